The van der Waals surface area contributed by atoms with E-state index in [4.69, 9.17) is 10.5 Å². The summed E-state index contributed by atoms with van der Waals surface area (Å²) in [4.78, 5) is 4.59. The number of nitrogens with zero attached hydrogens (tertiary/aromatic N) is 2. The van der Waals surface area contributed by atoms with E-state index < -0.39 is 0 Å². The number of ether oxygens (including phenoxy) is 1. The number of aryl methyl sites for hydroxylation is 1. The van der Waals surface area contributed by atoms with Gasteiger partial charge in [-0.2, -0.15) is 0 Å². The highest BCUT2D eigenvalue weighted by Crippen LogP contribution is 2.32. The van der Waals surface area contributed by atoms with E-state index in [-0.39, 0.29) is 6.04 Å². The summed E-state index contributed by atoms with van der Waals surface area (Å²) in [7, 11) is 0. The normalized spacial score (nSPS) is 20.8. The summed E-state index contributed by atoms with van der Waals surface area (Å²) in [6, 6.07) is 6.64. The van der Waals surface area contributed by atoms with Crippen molar-refractivity contribution in [1.82, 2.24) is 9.55 Å². The van der Waals surface area contributed by atoms with Gasteiger partial charge in [-0.1, -0.05) is 0 Å². The third-order valence-electron chi connectivity index (χ3n) is 4.11. The van der Waals surface area contributed by atoms with E-state index in [1.54, 1.807) is 0 Å². The fraction of sp³-hybridized carbons (Fsp3) is 0.400. The largest absolute Gasteiger partial charge is 0.493 e. The van der Waals surface area contributed by atoms with Crippen molar-refractivity contribution in [3.8, 4) is 17.0 Å². The van der Waals surface area contributed by atoms with Crippen LogP contribution in [0.25, 0.3) is 11.3 Å². The zero-order chi connectivity index (χ0) is 12.8. The fourth-order valence-electron chi connectivity index (χ4n) is 3.04. The average molecular weight is 255 g/mol. The van der Waals surface area contributed by atoms with Gasteiger partial charge in [0.15, 0.2) is 0 Å². The standard InChI is InChI=1S/C15H17N3O/c16-12-3-5-18-9-17-15(13(18)8-12)11-1-2-14-10(7-11)4-6-19-14/h1-2,7,9,12H,3-6,8,16H2. The second-order valence-electron chi connectivity index (χ2n) is 5.41. The molecule has 2 N–H and O–H groups in total. The Morgan fingerprint density at radius 3 is 3.26 bits per heavy atom. The second-order valence-corrected chi connectivity index (χ2v) is 5.41. The third kappa shape index (κ3) is 1.75. The lowest BCUT2D eigenvalue weighted by atomic mass is 9.99. The number of aromatic nitrogens is 2. The maximum Gasteiger partial charge on any atom is 0.122 e. The Hall–Kier alpha value is -1.81. The summed E-state index contributed by atoms with van der Waals surface area (Å²) in [6.45, 7) is 1.78. The molecule has 1 aromatic carbocycles. The molecule has 1 atom stereocenters. The summed E-state index contributed by atoms with van der Waals surface area (Å²) in [5.74, 6) is 1.02. The number of hydrogen-bond acceptors (Lipinski definition) is 3. The highest BCUT2D eigenvalue weighted by molar-refractivity contribution is 5.65. The lowest BCUT2D eigenvalue weighted by molar-refractivity contribution is 0.357. The Balaban J connectivity index is 1.79. The van der Waals surface area contributed by atoms with Crippen molar-refractivity contribution in [3.05, 3.63) is 35.8 Å². The molecule has 1 aromatic heterocycles. The molecule has 1 unspecified atom stereocenters. The van der Waals surface area contributed by atoms with Crippen LogP contribution < -0.4 is 10.5 Å². The molecule has 19 heavy (non-hydrogen) atoms. The molecule has 0 saturated heterocycles. The molecule has 0 amide bonds. The van der Waals surface area contributed by atoms with Gasteiger partial charge in [-0.05, 0) is 30.2 Å². The highest BCUT2D eigenvalue weighted by atomic mass is 16.5. The number of benzene rings is 1. The van der Waals surface area contributed by atoms with Gasteiger partial charge in [-0.25, -0.2) is 4.98 Å². The topological polar surface area (TPSA) is 53.1 Å². The fourth-order valence-corrected chi connectivity index (χ4v) is 3.04. The molecule has 3 heterocycles. The second kappa shape index (κ2) is 4.10. The quantitative estimate of drug-likeness (QED) is 0.844. The van der Waals surface area contributed by atoms with Crippen molar-refractivity contribution in [2.45, 2.75) is 31.8 Å². The van der Waals surface area contributed by atoms with Crippen molar-refractivity contribution in [2.24, 2.45) is 5.73 Å². The van der Waals surface area contributed by atoms with Crippen LogP contribution in [-0.4, -0.2) is 22.2 Å². The SMILES string of the molecule is NC1CCn2cnc(-c3ccc4c(c3)CCO4)c2C1. The van der Waals surface area contributed by atoms with Crippen LogP contribution >= 0.6 is 0 Å². The highest BCUT2D eigenvalue weighted by Gasteiger charge is 2.21. The number of hydrogen-bond donors (Lipinski definition) is 1. The van der Waals surface area contributed by atoms with Gasteiger partial charge < -0.3 is 15.0 Å². The maximum absolute atomic E-state index is 6.08. The lowest BCUT2D eigenvalue weighted by Crippen LogP contribution is -2.30. The Kier molecular flexibility index (Phi) is 2.38. The molecule has 2 aliphatic rings. The first-order valence-corrected chi connectivity index (χ1v) is 6.87. The van der Waals surface area contributed by atoms with E-state index in [1.165, 1.54) is 16.8 Å². The van der Waals surface area contributed by atoms with Crippen LogP contribution in [0.5, 0.6) is 5.75 Å². The number of nitrogens with two attached hydrogens (primary N) is 1. The maximum atomic E-state index is 6.08. The van der Waals surface area contributed by atoms with Crippen LogP contribution in [0.15, 0.2) is 24.5 Å². The van der Waals surface area contributed by atoms with Gasteiger partial charge in [0.2, 0.25) is 0 Å². The predicted molar refractivity (Wildman–Crippen MR) is 73.2 cm³/mol. The minimum atomic E-state index is 0.265. The summed E-state index contributed by atoms with van der Waals surface area (Å²) >= 11 is 0. The first-order chi connectivity index (χ1) is 9.31. The van der Waals surface area contributed by atoms with E-state index in [0.29, 0.717) is 0 Å². The molecule has 2 aromatic rings. The number of rotatable bonds is 1. The van der Waals surface area contributed by atoms with Crippen molar-refractivity contribution >= 4 is 0 Å². The molecular weight excluding hydrogens is 238 g/mol. The molecule has 4 rings (SSSR count). The van der Waals surface area contributed by atoms with Crippen LogP contribution in [0.4, 0.5) is 0 Å². The summed E-state index contributed by atoms with van der Waals surface area (Å²) in [5.41, 5.74) is 10.9. The zero-order valence-corrected chi connectivity index (χ0v) is 10.8. The molecule has 98 valence electrons. The molecule has 0 bridgehead atoms. The van der Waals surface area contributed by atoms with E-state index in [1.807, 2.05) is 6.33 Å². The molecular formula is C15H17N3O. The van der Waals surface area contributed by atoms with Gasteiger partial charge in [0.25, 0.3) is 0 Å². The first kappa shape index (κ1) is 11.1. The van der Waals surface area contributed by atoms with Crippen molar-refractivity contribution < 1.29 is 4.74 Å². The van der Waals surface area contributed by atoms with Gasteiger partial charge in [0.05, 0.1) is 18.6 Å². The van der Waals surface area contributed by atoms with E-state index >= 15 is 0 Å². The molecule has 0 spiro atoms. The number of imidazole rings is 1. The third-order valence-corrected chi connectivity index (χ3v) is 4.11. The van der Waals surface area contributed by atoms with Gasteiger partial charge in [-0.15, -0.1) is 0 Å². The van der Waals surface area contributed by atoms with E-state index in [2.05, 4.69) is 27.8 Å². The minimum Gasteiger partial charge on any atom is -0.493 e. The molecule has 0 radical (unpaired) electrons. The molecule has 4 nitrogen and oxygen atoms in total. The first-order valence-electron chi connectivity index (χ1n) is 6.87. The smallest absolute Gasteiger partial charge is 0.122 e. The summed E-state index contributed by atoms with van der Waals surface area (Å²) < 4.78 is 7.79. The van der Waals surface area contributed by atoms with Crippen LogP contribution in [0.1, 0.15) is 17.7 Å². The van der Waals surface area contributed by atoms with Gasteiger partial charge in [0.1, 0.15) is 5.75 Å². The van der Waals surface area contributed by atoms with Gasteiger partial charge >= 0.3 is 0 Å². The Labute approximate surface area is 112 Å². The zero-order valence-electron chi connectivity index (χ0n) is 10.8. The monoisotopic (exact) mass is 255 g/mol. The molecule has 0 aliphatic carbocycles. The van der Waals surface area contributed by atoms with E-state index in [0.717, 1.165) is 43.9 Å². The van der Waals surface area contributed by atoms with Gasteiger partial charge in [-0.3, -0.25) is 0 Å². The van der Waals surface area contributed by atoms with Crippen LogP contribution in [0.3, 0.4) is 0 Å². The van der Waals surface area contributed by atoms with Gasteiger partial charge in [0, 0.05) is 36.7 Å². The minimum absolute atomic E-state index is 0.265. The Morgan fingerprint density at radius 2 is 2.32 bits per heavy atom. The Morgan fingerprint density at radius 1 is 1.37 bits per heavy atom. The van der Waals surface area contributed by atoms with Crippen molar-refractivity contribution in [2.75, 3.05) is 6.61 Å². The molecule has 0 saturated carbocycles. The van der Waals surface area contributed by atoms with Crippen LogP contribution in [-0.2, 0) is 19.4 Å². The van der Waals surface area contributed by atoms with Crippen molar-refractivity contribution in [3.63, 3.8) is 0 Å². The lowest BCUT2D eigenvalue weighted by Gasteiger charge is -2.21. The molecule has 4 heteroatoms. The molecule has 2 aliphatic heterocycles. The predicted octanol–water partition coefficient (Wildman–Crippen LogP) is 1.76. The Bertz CT molecular complexity index is 632. The molecule has 0 fully saturated rings. The average Bonchev–Trinajstić information content (AvgIpc) is 3.03. The van der Waals surface area contributed by atoms with Crippen molar-refractivity contribution in [1.29, 1.82) is 0 Å². The summed E-state index contributed by atoms with van der Waals surface area (Å²) in [6.07, 6.45) is 4.91. The summed E-state index contributed by atoms with van der Waals surface area (Å²) in [5, 5.41) is 0. The number of fused-ring (bicyclic) bond motifs is 2. The van der Waals surface area contributed by atoms with E-state index in [9.17, 15) is 0 Å². The van der Waals surface area contributed by atoms with Crippen LogP contribution in [0.2, 0.25) is 0 Å². The van der Waals surface area contributed by atoms with Crippen LogP contribution in [0, 0.1) is 0 Å².